The van der Waals surface area contributed by atoms with E-state index in [0.717, 1.165) is 13.0 Å². The second kappa shape index (κ2) is 5.75. The first-order valence-corrected chi connectivity index (χ1v) is 9.17. The minimum Gasteiger partial charge on any atom is -0.377 e. The van der Waals surface area contributed by atoms with Crippen LogP contribution in [0.3, 0.4) is 0 Å². The SMILES string of the molecule is O=S(=O)(c1ccccc1Br)N1CCC(OCC2CC2)C1. The van der Waals surface area contributed by atoms with Crippen LogP contribution in [-0.4, -0.2) is 38.5 Å². The lowest BCUT2D eigenvalue weighted by molar-refractivity contribution is 0.0561. The molecule has 1 aliphatic heterocycles. The van der Waals surface area contributed by atoms with E-state index in [0.29, 0.717) is 28.4 Å². The molecule has 20 heavy (non-hydrogen) atoms. The second-order valence-electron chi connectivity index (χ2n) is 5.48. The highest BCUT2D eigenvalue weighted by molar-refractivity contribution is 9.10. The zero-order valence-electron chi connectivity index (χ0n) is 11.2. The Labute approximate surface area is 128 Å². The van der Waals surface area contributed by atoms with E-state index in [1.54, 1.807) is 18.2 Å². The van der Waals surface area contributed by atoms with Gasteiger partial charge < -0.3 is 4.74 Å². The maximum Gasteiger partial charge on any atom is 0.244 e. The van der Waals surface area contributed by atoms with Gasteiger partial charge in [0.25, 0.3) is 0 Å². The van der Waals surface area contributed by atoms with Gasteiger partial charge in [0.2, 0.25) is 10.0 Å². The molecule has 1 heterocycles. The van der Waals surface area contributed by atoms with Crippen LogP contribution in [-0.2, 0) is 14.8 Å². The molecule has 0 bridgehead atoms. The van der Waals surface area contributed by atoms with Gasteiger partial charge in [-0.2, -0.15) is 4.31 Å². The molecule has 2 fully saturated rings. The summed E-state index contributed by atoms with van der Waals surface area (Å²) >= 11 is 3.32. The van der Waals surface area contributed by atoms with Crippen molar-refractivity contribution in [3.63, 3.8) is 0 Å². The van der Waals surface area contributed by atoms with E-state index < -0.39 is 10.0 Å². The van der Waals surface area contributed by atoms with Gasteiger partial charge >= 0.3 is 0 Å². The van der Waals surface area contributed by atoms with Gasteiger partial charge in [-0.15, -0.1) is 0 Å². The topological polar surface area (TPSA) is 46.6 Å². The first-order chi connectivity index (χ1) is 9.57. The Morgan fingerprint density at radius 3 is 2.70 bits per heavy atom. The van der Waals surface area contributed by atoms with Gasteiger partial charge in [-0.3, -0.25) is 0 Å². The van der Waals surface area contributed by atoms with Gasteiger partial charge in [-0.1, -0.05) is 12.1 Å². The fourth-order valence-electron chi connectivity index (χ4n) is 2.40. The lowest BCUT2D eigenvalue weighted by Crippen LogP contribution is -2.30. The fraction of sp³-hybridized carbons (Fsp3) is 0.571. The Bertz CT molecular complexity index is 586. The molecule has 1 aliphatic carbocycles. The number of halogens is 1. The van der Waals surface area contributed by atoms with Crippen LogP contribution in [0.2, 0.25) is 0 Å². The summed E-state index contributed by atoms with van der Waals surface area (Å²) in [4.78, 5) is 0.336. The Balaban J connectivity index is 1.68. The van der Waals surface area contributed by atoms with Crippen LogP contribution in [0.25, 0.3) is 0 Å². The van der Waals surface area contributed by atoms with E-state index in [1.165, 1.54) is 17.1 Å². The van der Waals surface area contributed by atoms with Gasteiger partial charge in [-0.05, 0) is 53.2 Å². The predicted molar refractivity (Wildman–Crippen MR) is 80.0 cm³/mol. The summed E-state index contributed by atoms with van der Waals surface area (Å²) in [6, 6.07) is 6.95. The molecule has 0 aromatic heterocycles. The monoisotopic (exact) mass is 359 g/mol. The molecule has 1 aromatic rings. The van der Waals surface area contributed by atoms with Crippen molar-refractivity contribution < 1.29 is 13.2 Å². The Morgan fingerprint density at radius 1 is 1.25 bits per heavy atom. The predicted octanol–water partition coefficient (Wildman–Crippen LogP) is 2.64. The number of ether oxygens (including phenoxy) is 1. The number of hydrogen-bond donors (Lipinski definition) is 0. The van der Waals surface area contributed by atoms with Crippen molar-refractivity contribution in [2.45, 2.75) is 30.3 Å². The van der Waals surface area contributed by atoms with Crippen molar-refractivity contribution in [1.29, 1.82) is 0 Å². The normalized spacial score (nSPS) is 24.1. The molecule has 1 unspecified atom stereocenters. The van der Waals surface area contributed by atoms with Crippen LogP contribution in [0.1, 0.15) is 19.3 Å². The molecule has 0 N–H and O–H groups in total. The zero-order chi connectivity index (χ0) is 14.2. The zero-order valence-corrected chi connectivity index (χ0v) is 13.6. The molecule has 3 rings (SSSR count). The van der Waals surface area contributed by atoms with Crippen molar-refractivity contribution in [2.75, 3.05) is 19.7 Å². The van der Waals surface area contributed by atoms with Crippen LogP contribution >= 0.6 is 15.9 Å². The van der Waals surface area contributed by atoms with E-state index in [-0.39, 0.29) is 6.10 Å². The third-order valence-corrected chi connectivity index (χ3v) is 6.70. The molecular weight excluding hydrogens is 342 g/mol. The summed E-state index contributed by atoms with van der Waals surface area (Å²) in [5.41, 5.74) is 0. The highest BCUT2D eigenvalue weighted by Crippen LogP contribution is 2.31. The Hall–Kier alpha value is -0.430. The largest absolute Gasteiger partial charge is 0.377 e. The highest BCUT2D eigenvalue weighted by Gasteiger charge is 2.34. The van der Waals surface area contributed by atoms with E-state index in [1.807, 2.05) is 6.07 Å². The maximum atomic E-state index is 12.6. The summed E-state index contributed by atoms with van der Waals surface area (Å²) in [6.07, 6.45) is 3.35. The summed E-state index contributed by atoms with van der Waals surface area (Å²) in [5, 5.41) is 0. The van der Waals surface area contributed by atoms with Gasteiger partial charge in [0, 0.05) is 24.2 Å². The van der Waals surface area contributed by atoms with Crippen LogP contribution in [0.4, 0.5) is 0 Å². The number of benzene rings is 1. The number of nitrogens with zero attached hydrogens (tertiary/aromatic N) is 1. The van der Waals surface area contributed by atoms with Crippen molar-refractivity contribution in [3.05, 3.63) is 28.7 Å². The van der Waals surface area contributed by atoms with Crippen LogP contribution < -0.4 is 0 Å². The van der Waals surface area contributed by atoms with Crippen molar-refractivity contribution in [1.82, 2.24) is 4.31 Å². The van der Waals surface area contributed by atoms with Gasteiger partial charge in [0.05, 0.1) is 11.0 Å². The van der Waals surface area contributed by atoms with E-state index >= 15 is 0 Å². The summed E-state index contributed by atoms with van der Waals surface area (Å²) in [5.74, 6) is 0.712. The van der Waals surface area contributed by atoms with Gasteiger partial charge in [0.15, 0.2) is 0 Å². The number of sulfonamides is 1. The maximum absolute atomic E-state index is 12.6. The molecule has 6 heteroatoms. The molecule has 1 aromatic carbocycles. The number of rotatable bonds is 5. The van der Waals surface area contributed by atoms with Gasteiger partial charge in [0.1, 0.15) is 0 Å². The molecule has 1 atom stereocenters. The average molecular weight is 360 g/mol. The third-order valence-electron chi connectivity index (χ3n) is 3.83. The van der Waals surface area contributed by atoms with Crippen molar-refractivity contribution in [3.8, 4) is 0 Å². The quantitative estimate of drug-likeness (QED) is 0.811. The van der Waals surface area contributed by atoms with Crippen LogP contribution in [0.5, 0.6) is 0 Å². The molecule has 2 aliphatic rings. The van der Waals surface area contributed by atoms with E-state index in [2.05, 4.69) is 15.9 Å². The van der Waals surface area contributed by atoms with E-state index in [4.69, 9.17) is 4.74 Å². The highest BCUT2D eigenvalue weighted by atomic mass is 79.9. The van der Waals surface area contributed by atoms with E-state index in [9.17, 15) is 8.42 Å². The summed E-state index contributed by atoms with van der Waals surface area (Å²) in [6.45, 7) is 1.79. The molecule has 1 saturated heterocycles. The minimum absolute atomic E-state index is 0.0489. The minimum atomic E-state index is -3.42. The molecule has 1 saturated carbocycles. The van der Waals surface area contributed by atoms with Crippen LogP contribution in [0, 0.1) is 5.92 Å². The smallest absolute Gasteiger partial charge is 0.244 e. The third kappa shape index (κ3) is 3.08. The van der Waals surface area contributed by atoms with Crippen LogP contribution in [0.15, 0.2) is 33.6 Å². The summed E-state index contributed by atoms with van der Waals surface area (Å²) < 4.78 is 33.1. The Kier molecular flexibility index (Phi) is 4.17. The van der Waals surface area contributed by atoms with Crippen molar-refractivity contribution in [2.24, 2.45) is 5.92 Å². The first-order valence-electron chi connectivity index (χ1n) is 6.93. The lowest BCUT2D eigenvalue weighted by atomic mass is 10.3. The average Bonchev–Trinajstić information content (AvgIpc) is 3.13. The Morgan fingerprint density at radius 2 is 2.00 bits per heavy atom. The van der Waals surface area contributed by atoms with Gasteiger partial charge in [-0.25, -0.2) is 8.42 Å². The molecule has 4 nitrogen and oxygen atoms in total. The molecule has 110 valence electrons. The summed E-state index contributed by atoms with van der Waals surface area (Å²) in [7, 11) is -3.42. The first kappa shape index (κ1) is 14.5. The fourth-order valence-corrected chi connectivity index (χ4v) is 4.85. The molecular formula is C14H18BrNO3S. The molecule has 0 radical (unpaired) electrons. The second-order valence-corrected chi connectivity index (χ2v) is 8.24. The van der Waals surface area contributed by atoms with Crippen molar-refractivity contribution >= 4 is 26.0 Å². The number of hydrogen-bond acceptors (Lipinski definition) is 3. The lowest BCUT2D eigenvalue weighted by Gasteiger charge is -2.17. The molecule has 0 spiro atoms. The molecule has 0 amide bonds. The standard InChI is InChI=1S/C14H18BrNO3S/c15-13-3-1-2-4-14(13)20(17,18)16-8-7-12(9-16)19-10-11-5-6-11/h1-4,11-12H,5-10H2.